The van der Waals surface area contributed by atoms with Crippen LogP contribution in [0.5, 0.6) is 5.75 Å². The van der Waals surface area contributed by atoms with Crippen LogP contribution in [0.15, 0.2) is 24.3 Å². The highest BCUT2D eigenvalue weighted by atomic mass is 32.1. The molecule has 0 unspecified atom stereocenters. The summed E-state index contributed by atoms with van der Waals surface area (Å²) in [5.41, 5.74) is 0.952. The topological polar surface area (TPSA) is 36.5 Å². The van der Waals surface area contributed by atoms with Crippen LogP contribution < -0.4 is 15.4 Å². The molecule has 4 nitrogen and oxygen atoms in total. The summed E-state index contributed by atoms with van der Waals surface area (Å²) in [6, 6.07) is 8.26. The van der Waals surface area contributed by atoms with Crippen molar-refractivity contribution in [3.63, 3.8) is 0 Å². The lowest BCUT2D eigenvalue weighted by molar-refractivity contribution is 0.216. The second-order valence-electron chi connectivity index (χ2n) is 5.04. The first kappa shape index (κ1) is 15.1. The van der Waals surface area contributed by atoms with Crippen LogP contribution in [0.4, 0.5) is 5.69 Å². The Morgan fingerprint density at radius 1 is 1.40 bits per heavy atom. The molecule has 1 fully saturated rings. The summed E-state index contributed by atoms with van der Waals surface area (Å²) in [4.78, 5) is 2.47. The zero-order chi connectivity index (χ0) is 14.4. The van der Waals surface area contributed by atoms with E-state index in [1.54, 1.807) is 7.11 Å². The molecule has 1 aliphatic heterocycles. The molecule has 1 aliphatic rings. The average molecular weight is 293 g/mol. The minimum atomic E-state index is 0.475. The molecule has 20 heavy (non-hydrogen) atoms. The minimum Gasteiger partial charge on any atom is -0.497 e. The predicted molar refractivity (Wildman–Crippen MR) is 87.5 cm³/mol. The fraction of sp³-hybridized carbons (Fsp3) is 0.533. The first-order valence-corrected chi connectivity index (χ1v) is 7.56. The Morgan fingerprint density at radius 3 is 2.80 bits per heavy atom. The molecule has 0 aliphatic carbocycles. The SMILES string of the molecule is CCN1CCC(NC(=S)Nc2cccc(OC)c2)CC1. The molecule has 0 radical (unpaired) electrons. The molecule has 0 saturated carbocycles. The quantitative estimate of drug-likeness (QED) is 0.834. The number of rotatable bonds is 4. The highest BCUT2D eigenvalue weighted by Crippen LogP contribution is 2.17. The second kappa shape index (κ2) is 7.45. The third-order valence-corrected chi connectivity index (χ3v) is 3.92. The molecule has 2 rings (SSSR count). The van der Waals surface area contributed by atoms with Gasteiger partial charge in [0.05, 0.1) is 7.11 Å². The number of benzene rings is 1. The van der Waals surface area contributed by atoms with E-state index in [9.17, 15) is 0 Å². The molecule has 0 aromatic heterocycles. The predicted octanol–water partition coefficient (Wildman–Crippen LogP) is 2.47. The molecule has 2 N–H and O–H groups in total. The highest BCUT2D eigenvalue weighted by Gasteiger charge is 2.18. The van der Waals surface area contributed by atoms with Crippen molar-refractivity contribution in [1.29, 1.82) is 0 Å². The van der Waals surface area contributed by atoms with Crippen LogP contribution in [0.1, 0.15) is 19.8 Å². The summed E-state index contributed by atoms with van der Waals surface area (Å²) in [6.07, 6.45) is 2.29. The van der Waals surface area contributed by atoms with Crippen LogP contribution in [-0.4, -0.2) is 42.8 Å². The van der Waals surface area contributed by atoms with Gasteiger partial charge < -0.3 is 20.3 Å². The highest BCUT2D eigenvalue weighted by molar-refractivity contribution is 7.80. The van der Waals surface area contributed by atoms with E-state index in [4.69, 9.17) is 17.0 Å². The zero-order valence-corrected chi connectivity index (χ0v) is 13.0. The summed E-state index contributed by atoms with van der Waals surface area (Å²) < 4.78 is 5.20. The first-order chi connectivity index (χ1) is 9.71. The fourth-order valence-electron chi connectivity index (χ4n) is 2.45. The van der Waals surface area contributed by atoms with Crippen molar-refractivity contribution in [3.8, 4) is 5.75 Å². The van der Waals surface area contributed by atoms with E-state index in [0.29, 0.717) is 11.2 Å². The third-order valence-electron chi connectivity index (χ3n) is 3.70. The van der Waals surface area contributed by atoms with Gasteiger partial charge in [-0.2, -0.15) is 0 Å². The van der Waals surface area contributed by atoms with Gasteiger partial charge in [0.15, 0.2) is 5.11 Å². The van der Waals surface area contributed by atoms with E-state index < -0.39 is 0 Å². The van der Waals surface area contributed by atoms with Crippen molar-refractivity contribution in [2.24, 2.45) is 0 Å². The normalized spacial score (nSPS) is 16.7. The first-order valence-electron chi connectivity index (χ1n) is 7.15. The number of nitrogens with zero attached hydrogens (tertiary/aromatic N) is 1. The van der Waals surface area contributed by atoms with Gasteiger partial charge in [-0.25, -0.2) is 0 Å². The van der Waals surface area contributed by atoms with Crippen LogP contribution in [0.2, 0.25) is 0 Å². The van der Waals surface area contributed by atoms with Gasteiger partial charge in [0.2, 0.25) is 0 Å². The Hall–Kier alpha value is -1.33. The zero-order valence-electron chi connectivity index (χ0n) is 12.2. The number of hydrogen-bond acceptors (Lipinski definition) is 3. The van der Waals surface area contributed by atoms with Gasteiger partial charge in [0.25, 0.3) is 0 Å². The smallest absolute Gasteiger partial charge is 0.170 e. The molecule has 0 spiro atoms. The molecule has 1 aromatic rings. The lowest BCUT2D eigenvalue weighted by Gasteiger charge is -2.32. The molecule has 1 saturated heterocycles. The van der Waals surface area contributed by atoms with Crippen molar-refractivity contribution in [1.82, 2.24) is 10.2 Å². The summed E-state index contributed by atoms with van der Waals surface area (Å²) in [6.45, 7) is 5.65. The van der Waals surface area contributed by atoms with Crippen molar-refractivity contribution < 1.29 is 4.74 Å². The Morgan fingerprint density at radius 2 is 2.15 bits per heavy atom. The Balaban J connectivity index is 1.80. The number of piperidine rings is 1. The standard InChI is InChI=1S/C15H23N3OS/c1-3-18-9-7-12(8-10-18)16-15(20)17-13-5-4-6-14(11-13)19-2/h4-6,11-12H,3,7-10H2,1-2H3,(H2,16,17,20). The van der Waals surface area contributed by atoms with E-state index in [0.717, 1.165) is 43.9 Å². The number of hydrogen-bond donors (Lipinski definition) is 2. The molecular formula is C15H23N3OS. The van der Waals surface area contributed by atoms with Gasteiger partial charge >= 0.3 is 0 Å². The minimum absolute atomic E-state index is 0.475. The van der Waals surface area contributed by atoms with E-state index in [2.05, 4.69) is 22.5 Å². The number of methoxy groups -OCH3 is 1. The second-order valence-corrected chi connectivity index (χ2v) is 5.45. The van der Waals surface area contributed by atoms with Crippen molar-refractivity contribution in [2.45, 2.75) is 25.8 Å². The molecule has 0 atom stereocenters. The number of nitrogens with one attached hydrogen (secondary N) is 2. The van der Waals surface area contributed by atoms with Crippen molar-refractivity contribution >= 4 is 23.0 Å². The van der Waals surface area contributed by atoms with Gasteiger partial charge in [-0.05, 0) is 43.7 Å². The number of ether oxygens (including phenoxy) is 1. The van der Waals surface area contributed by atoms with E-state index in [1.165, 1.54) is 0 Å². The molecule has 5 heteroatoms. The van der Waals surface area contributed by atoms with Gasteiger partial charge in [-0.15, -0.1) is 0 Å². The molecule has 0 amide bonds. The average Bonchev–Trinajstić information content (AvgIpc) is 2.48. The molecule has 0 bridgehead atoms. The van der Waals surface area contributed by atoms with Crippen LogP contribution in [-0.2, 0) is 0 Å². The van der Waals surface area contributed by atoms with Crippen LogP contribution >= 0.6 is 12.2 Å². The van der Waals surface area contributed by atoms with Crippen LogP contribution in [0.25, 0.3) is 0 Å². The van der Waals surface area contributed by atoms with Gasteiger partial charge in [-0.3, -0.25) is 0 Å². The lowest BCUT2D eigenvalue weighted by atomic mass is 10.1. The van der Waals surface area contributed by atoms with E-state index >= 15 is 0 Å². The van der Waals surface area contributed by atoms with E-state index in [-0.39, 0.29) is 0 Å². The van der Waals surface area contributed by atoms with Crippen molar-refractivity contribution in [3.05, 3.63) is 24.3 Å². The number of anilines is 1. The molecule has 1 aromatic carbocycles. The maximum Gasteiger partial charge on any atom is 0.170 e. The maximum atomic E-state index is 5.38. The fourth-order valence-corrected chi connectivity index (χ4v) is 2.73. The van der Waals surface area contributed by atoms with Crippen LogP contribution in [0, 0.1) is 0 Å². The lowest BCUT2D eigenvalue weighted by Crippen LogP contribution is -2.45. The maximum absolute atomic E-state index is 5.38. The monoisotopic (exact) mass is 293 g/mol. The number of likely N-dealkylation sites (tertiary alicyclic amines) is 1. The summed E-state index contributed by atoms with van der Waals surface area (Å²) >= 11 is 5.38. The number of thiocarbonyl (C=S) groups is 1. The molecule has 110 valence electrons. The molecular weight excluding hydrogens is 270 g/mol. The Kier molecular flexibility index (Phi) is 5.61. The Bertz CT molecular complexity index is 444. The van der Waals surface area contributed by atoms with Gasteiger partial charge in [0, 0.05) is 30.9 Å². The Labute approximate surface area is 126 Å². The third kappa shape index (κ3) is 4.35. The van der Waals surface area contributed by atoms with Crippen molar-refractivity contribution in [2.75, 3.05) is 32.1 Å². The van der Waals surface area contributed by atoms with E-state index in [1.807, 2.05) is 24.3 Å². The van der Waals surface area contributed by atoms with Gasteiger partial charge in [-0.1, -0.05) is 13.0 Å². The summed E-state index contributed by atoms with van der Waals surface area (Å²) in [5, 5.41) is 7.31. The largest absolute Gasteiger partial charge is 0.497 e. The van der Waals surface area contributed by atoms with Crippen LogP contribution in [0.3, 0.4) is 0 Å². The van der Waals surface area contributed by atoms with Gasteiger partial charge in [0.1, 0.15) is 5.75 Å². The molecule has 1 heterocycles. The summed E-state index contributed by atoms with van der Waals surface area (Å²) in [5.74, 6) is 0.828. The summed E-state index contributed by atoms with van der Waals surface area (Å²) in [7, 11) is 1.66.